The van der Waals surface area contributed by atoms with Crippen LogP contribution in [0.5, 0.6) is 0 Å². The van der Waals surface area contributed by atoms with Gasteiger partial charge in [0.2, 0.25) is 0 Å². The van der Waals surface area contributed by atoms with E-state index in [2.05, 4.69) is 14.8 Å². The summed E-state index contributed by atoms with van der Waals surface area (Å²) >= 11 is 1.60. The van der Waals surface area contributed by atoms with E-state index in [4.69, 9.17) is 5.73 Å². The Morgan fingerprint density at radius 2 is 2.42 bits per heavy atom. The van der Waals surface area contributed by atoms with E-state index in [-0.39, 0.29) is 17.9 Å². The molecule has 102 valence electrons. The van der Waals surface area contributed by atoms with Gasteiger partial charge < -0.3 is 10.5 Å². The number of aromatic nitrogens is 3. The number of hydrogen-bond acceptors (Lipinski definition) is 6. The van der Waals surface area contributed by atoms with Gasteiger partial charge in [0.25, 0.3) is 5.82 Å². The molecule has 0 fully saturated rings. The minimum absolute atomic E-state index is 0.0473. The van der Waals surface area contributed by atoms with E-state index in [9.17, 15) is 4.79 Å². The van der Waals surface area contributed by atoms with Gasteiger partial charge in [0.1, 0.15) is 6.33 Å². The van der Waals surface area contributed by atoms with Crippen molar-refractivity contribution in [1.29, 1.82) is 0 Å². The molecule has 0 saturated heterocycles. The molecule has 0 aliphatic carbocycles. The summed E-state index contributed by atoms with van der Waals surface area (Å²) in [6, 6.07) is 1.79. The lowest BCUT2D eigenvalue weighted by atomic mass is 10.0. The number of carbonyl (C=O) groups is 1. The first-order valence-corrected chi connectivity index (χ1v) is 6.88. The standard InChI is InChI=1S/C12H16N4O2S/c1-3-9(13)10(8-4-5-19-6-8)16-7-14-11(15-16)12(17)18-2/h4-7,9-10H,3,13H2,1-2H3. The highest BCUT2D eigenvalue weighted by Crippen LogP contribution is 2.24. The Balaban J connectivity index is 2.34. The lowest BCUT2D eigenvalue weighted by molar-refractivity contribution is 0.0586. The van der Waals surface area contributed by atoms with Crippen molar-refractivity contribution in [3.05, 3.63) is 34.5 Å². The number of esters is 1. The fourth-order valence-electron chi connectivity index (χ4n) is 1.86. The molecule has 2 aromatic heterocycles. The third-order valence-electron chi connectivity index (χ3n) is 2.92. The maximum absolute atomic E-state index is 11.4. The summed E-state index contributed by atoms with van der Waals surface area (Å²) in [5, 5.41) is 8.18. The first-order chi connectivity index (χ1) is 9.17. The molecule has 7 heteroatoms. The lowest BCUT2D eigenvalue weighted by Crippen LogP contribution is -2.32. The van der Waals surface area contributed by atoms with Crippen LogP contribution >= 0.6 is 11.3 Å². The smallest absolute Gasteiger partial charge is 0.377 e. The lowest BCUT2D eigenvalue weighted by Gasteiger charge is -2.22. The van der Waals surface area contributed by atoms with E-state index in [1.807, 2.05) is 23.8 Å². The van der Waals surface area contributed by atoms with Crippen LogP contribution in [0.1, 0.15) is 35.6 Å². The highest BCUT2D eigenvalue weighted by atomic mass is 32.1. The number of nitrogens with zero attached hydrogens (tertiary/aromatic N) is 3. The van der Waals surface area contributed by atoms with Gasteiger partial charge in [-0.15, -0.1) is 5.10 Å². The van der Waals surface area contributed by atoms with Gasteiger partial charge in [-0.05, 0) is 28.8 Å². The van der Waals surface area contributed by atoms with E-state index in [0.717, 1.165) is 12.0 Å². The highest BCUT2D eigenvalue weighted by Gasteiger charge is 2.23. The SMILES string of the molecule is CCC(N)C(c1ccsc1)n1cnc(C(=O)OC)n1. The number of carbonyl (C=O) groups excluding carboxylic acids is 1. The Morgan fingerprint density at radius 1 is 1.63 bits per heavy atom. The summed E-state index contributed by atoms with van der Waals surface area (Å²) < 4.78 is 6.23. The van der Waals surface area contributed by atoms with Crippen LogP contribution in [0.25, 0.3) is 0 Å². The summed E-state index contributed by atoms with van der Waals surface area (Å²) in [5.41, 5.74) is 7.23. The molecule has 0 saturated carbocycles. The normalized spacial score (nSPS) is 14.1. The average molecular weight is 280 g/mol. The molecule has 0 amide bonds. The van der Waals surface area contributed by atoms with Crippen LogP contribution in [0.3, 0.4) is 0 Å². The summed E-state index contributed by atoms with van der Waals surface area (Å²) in [6.45, 7) is 2.02. The number of thiophene rings is 1. The molecule has 0 spiro atoms. The largest absolute Gasteiger partial charge is 0.463 e. The molecular weight excluding hydrogens is 264 g/mol. The van der Waals surface area contributed by atoms with E-state index >= 15 is 0 Å². The average Bonchev–Trinajstić information content (AvgIpc) is 3.09. The zero-order valence-electron chi connectivity index (χ0n) is 10.8. The molecule has 2 aromatic rings. The molecule has 2 heterocycles. The van der Waals surface area contributed by atoms with Crippen LogP contribution in [0.4, 0.5) is 0 Å². The third-order valence-corrected chi connectivity index (χ3v) is 3.62. The number of nitrogens with two attached hydrogens (primary N) is 1. The van der Waals surface area contributed by atoms with Gasteiger partial charge in [-0.2, -0.15) is 11.3 Å². The van der Waals surface area contributed by atoms with E-state index in [0.29, 0.717) is 0 Å². The molecular formula is C12H16N4O2S. The predicted octanol–water partition coefficient (Wildman–Crippen LogP) is 1.45. The first kappa shape index (κ1) is 13.7. The molecule has 6 nitrogen and oxygen atoms in total. The monoisotopic (exact) mass is 280 g/mol. The summed E-state index contributed by atoms with van der Waals surface area (Å²) in [7, 11) is 1.30. The summed E-state index contributed by atoms with van der Waals surface area (Å²) in [4.78, 5) is 15.3. The number of hydrogen-bond donors (Lipinski definition) is 1. The Bertz CT molecular complexity index is 538. The zero-order valence-corrected chi connectivity index (χ0v) is 11.6. The van der Waals surface area contributed by atoms with Crippen molar-refractivity contribution in [2.45, 2.75) is 25.4 Å². The summed E-state index contributed by atoms with van der Waals surface area (Å²) in [5.74, 6) is -0.501. The molecule has 2 unspecified atom stereocenters. The molecule has 2 atom stereocenters. The molecule has 0 bridgehead atoms. The van der Waals surface area contributed by atoms with Gasteiger partial charge in [-0.25, -0.2) is 14.5 Å². The van der Waals surface area contributed by atoms with Crippen LogP contribution in [0.2, 0.25) is 0 Å². The molecule has 0 aliphatic rings. The number of methoxy groups -OCH3 is 1. The minimum atomic E-state index is -0.548. The van der Waals surface area contributed by atoms with Crippen molar-refractivity contribution in [2.75, 3.05) is 7.11 Å². The Morgan fingerprint density at radius 3 is 3.00 bits per heavy atom. The molecule has 0 aromatic carbocycles. The van der Waals surface area contributed by atoms with Crippen LogP contribution in [-0.2, 0) is 4.74 Å². The Labute approximate surface area is 115 Å². The molecule has 2 N–H and O–H groups in total. The van der Waals surface area contributed by atoms with Gasteiger partial charge >= 0.3 is 5.97 Å². The van der Waals surface area contributed by atoms with Crippen LogP contribution in [0.15, 0.2) is 23.2 Å². The van der Waals surface area contributed by atoms with E-state index < -0.39 is 5.97 Å². The minimum Gasteiger partial charge on any atom is -0.463 e. The van der Waals surface area contributed by atoms with Crippen LogP contribution in [0, 0.1) is 0 Å². The van der Waals surface area contributed by atoms with Crippen molar-refractivity contribution >= 4 is 17.3 Å². The van der Waals surface area contributed by atoms with Crippen LogP contribution in [-0.4, -0.2) is 33.9 Å². The Kier molecular flexibility index (Phi) is 4.28. The highest BCUT2D eigenvalue weighted by molar-refractivity contribution is 7.07. The summed E-state index contributed by atoms with van der Waals surface area (Å²) in [6.07, 6.45) is 2.32. The fraction of sp³-hybridized carbons (Fsp3) is 0.417. The second-order valence-electron chi connectivity index (χ2n) is 4.11. The van der Waals surface area contributed by atoms with Gasteiger partial charge in [0.15, 0.2) is 0 Å². The fourth-order valence-corrected chi connectivity index (χ4v) is 2.55. The second-order valence-corrected chi connectivity index (χ2v) is 4.89. The van der Waals surface area contributed by atoms with Crippen molar-refractivity contribution in [1.82, 2.24) is 14.8 Å². The van der Waals surface area contributed by atoms with Crippen molar-refractivity contribution < 1.29 is 9.53 Å². The van der Waals surface area contributed by atoms with Gasteiger partial charge in [-0.1, -0.05) is 6.92 Å². The topological polar surface area (TPSA) is 83.0 Å². The van der Waals surface area contributed by atoms with Crippen LogP contribution < -0.4 is 5.73 Å². The van der Waals surface area contributed by atoms with Gasteiger partial charge in [-0.3, -0.25) is 0 Å². The molecule has 19 heavy (non-hydrogen) atoms. The third kappa shape index (κ3) is 2.82. The second kappa shape index (κ2) is 5.94. The van der Waals surface area contributed by atoms with Crippen molar-refractivity contribution in [3.63, 3.8) is 0 Å². The zero-order chi connectivity index (χ0) is 13.8. The number of ether oxygens (including phenoxy) is 1. The molecule has 2 rings (SSSR count). The van der Waals surface area contributed by atoms with Gasteiger partial charge in [0.05, 0.1) is 13.2 Å². The van der Waals surface area contributed by atoms with Gasteiger partial charge in [0, 0.05) is 6.04 Å². The van der Waals surface area contributed by atoms with E-state index in [1.165, 1.54) is 13.4 Å². The maximum atomic E-state index is 11.4. The first-order valence-electron chi connectivity index (χ1n) is 5.94. The predicted molar refractivity (Wildman–Crippen MR) is 72.1 cm³/mol. The molecule has 0 aliphatic heterocycles. The van der Waals surface area contributed by atoms with Crippen molar-refractivity contribution in [2.24, 2.45) is 5.73 Å². The van der Waals surface area contributed by atoms with Crippen molar-refractivity contribution in [3.8, 4) is 0 Å². The quantitative estimate of drug-likeness (QED) is 0.838. The molecule has 0 radical (unpaired) electrons. The number of rotatable bonds is 5. The maximum Gasteiger partial charge on any atom is 0.377 e. The Hall–Kier alpha value is -1.73. The van der Waals surface area contributed by atoms with E-state index in [1.54, 1.807) is 16.0 Å².